The summed E-state index contributed by atoms with van der Waals surface area (Å²) in [6.45, 7) is 3.29. The molecule has 0 saturated heterocycles. The third kappa shape index (κ3) is 6.44. The van der Waals surface area contributed by atoms with Crippen LogP contribution in [0.25, 0.3) is 22.9 Å². The topological polar surface area (TPSA) is 140 Å². The lowest BCUT2D eigenvalue weighted by Crippen LogP contribution is -2.36. The monoisotopic (exact) mass is 510 g/mol. The van der Waals surface area contributed by atoms with Crippen LogP contribution < -0.4 is 14.8 Å². The van der Waals surface area contributed by atoms with Crippen molar-refractivity contribution in [2.45, 2.75) is 58.0 Å². The Kier molecular flexibility index (Phi) is 8.73. The lowest BCUT2D eigenvalue weighted by atomic mass is 10.0. The van der Waals surface area contributed by atoms with Crippen molar-refractivity contribution in [3.63, 3.8) is 0 Å². The van der Waals surface area contributed by atoms with E-state index in [0.717, 1.165) is 40.8 Å². The van der Waals surface area contributed by atoms with E-state index in [2.05, 4.69) is 20.5 Å². The SMILES string of the molecule is CCc1cc(-c2nnc(-c3cc(OC)nc(C4CCCC4)c3)o2)cc(C)c1OC[C@H](O)CNC(=O)CO. The minimum atomic E-state index is -0.913. The number of nitrogens with one attached hydrogen (secondary N) is 1. The van der Waals surface area contributed by atoms with Gasteiger partial charge >= 0.3 is 0 Å². The van der Waals surface area contributed by atoms with Crippen molar-refractivity contribution in [1.82, 2.24) is 20.5 Å². The van der Waals surface area contributed by atoms with Crippen LogP contribution in [0.1, 0.15) is 55.3 Å². The predicted molar refractivity (Wildman–Crippen MR) is 136 cm³/mol. The zero-order valence-electron chi connectivity index (χ0n) is 21.5. The number of aromatic nitrogens is 3. The molecule has 1 atom stereocenters. The first-order valence-electron chi connectivity index (χ1n) is 12.6. The van der Waals surface area contributed by atoms with Crippen molar-refractivity contribution in [2.75, 3.05) is 26.9 Å². The number of benzene rings is 1. The molecule has 1 aliphatic carbocycles. The molecular formula is C27H34N4O6. The fraction of sp³-hybridized carbons (Fsp3) is 0.481. The number of carbonyl (C=O) groups excluding carboxylic acids is 1. The summed E-state index contributed by atoms with van der Waals surface area (Å²) in [6, 6.07) is 7.67. The Labute approximate surface area is 216 Å². The highest BCUT2D eigenvalue weighted by atomic mass is 16.5. The quantitative estimate of drug-likeness (QED) is 0.355. The van der Waals surface area contributed by atoms with Crippen LogP contribution in [0.3, 0.4) is 0 Å². The molecule has 0 aliphatic heterocycles. The summed E-state index contributed by atoms with van der Waals surface area (Å²) in [7, 11) is 1.60. The van der Waals surface area contributed by atoms with Crippen LogP contribution in [0.2, 0.25) is 0 Å². The van der Waals surface area contributed by atoms with Crippen LogP contribution in [-0.4, -0.2) is 64.3 Å². The van der Waals surface area contributed by atoms with Gasteiger partial charge in [0.2, 0.25) is 23.6 Å². The van der Waals surface area contributed by atoms with Gasteiger partial charge in [-0.25, -0.2) is 4.98 Å². The highest BCUT2D eigenvalue weighted by Crippen LogP contribution is 2.37. The van der Waals surface area contributed by atoms with Crippen LogP contribution in [0.5, 0.6) is 11.6 Å². The maximum absolute atomic E-state index is 11.2. The van der Waals surface area contributed by atoms with Gasteiger partial charge in [0, 0.05) is 35.3 Å². The average molecular weight is 511 g/mol. The Hall–Kier alpha value is -3.50. The molecule has 0 bridgehead atoms. The molecule has 1 saturated carbocycles. The Balaban J connectivity index is 1.53. The molecule has 37 heavy (non-hydrogen) atoms. The summed E-state index contributed by atoms with van der Waals surface area (Å²) in [4.78, 5) is 15.8. The Bertz CT molecular complexity index is 1220. The average Bonchev–Trinajstić information content (AvgIpc) is 3.63. The number of aryl methyl sites for hydroxylation is 2. The standard InChI is InChI=1S/C27H34N4O6/c1-4-17-10-19(9-16(2)25(17)36-15-21(33)13-28-23(34)14-32)26-30-31-27(37-26)20-11-22(18-7-5-6-8-18)29-24(12-20)35-3/h9-12,18,21,32-33H,4-8,13-15H2,1-3H3,(H,28,34)/t21-/m1/s1. The van der Waals surface area contributed by atoms with E-state index in [1.807, 2.05) is 38.1 Å². The largest absolute Gasteiger partial charge is 0.490 e. The molecule has 2 heterocycles. The lowest BCUT2D eigenvalue weighted by molar-refractivity contribution is -0.124. The predicted octanol–water partition coefficient (Wildman–Crippen LogP) is 3.18. The number of hydrogen-bond acceptors (Lipinski definition) is 9. The third-order valence-electron chi connectivity index (χ3n) is 6.55. The van der Waals surface area contributed by atoms with Crippen LogP contribution in [0, 0.1) is 6.92 Å². The van der Waals surface area contributed by atoms with Crippen molar-refractivity contribution in [2.24, 2.45) is 0 Å². The number of amides is 1. The van der Waals surface area contributed by atoms with Crippen molar-refractivity contribution in [1.29, 1.82) is 0 Å². The van der Waals surface area contributed by atoms with E-state index < -0.39 is 18.6 Å². The van der Waals surface area contributed by atoms with Crippen molar-refractivity contribution in [3.8, 4) is 34.5 Å². The number of rotatable bonds is 11. The van der Waals surface area contributed by atoms with E-state index in [1.165, 1.54) is 12.8 Å². The molecule has 10 heteroatoms. The van der Waals surface area contributed by atoms with Gasteiger partial charge in [-0.1, -0.05) is 19.8 Å². The summed E-state index contributed by atoms with van der Waals surface area (Å²) in [6.07, 6.45) is 4.44. The first-order valence-corrected chi connectivity index (χ1v) is 12.6. The number of carbonyl (C=O) groups is 1. The maximum Gasteiger partial charge on any atom is 0.248 e. The van der Waals surface area contributed by atoms with Gasteiger partial charge in [-0.15, -0.1) is 10.2 Å². The Morgan fingerprint density at radius 3 is 2.51 bits per heavy atom. The Morgan fingerprint density at radius 2 is 1.86 bits per heavy atom. The molecule has 3 N–H and O–H groups in total. The van der Waals surface area contributed by atoms with Crippen molar-refractivity contribution in [3.05, 3.63) is 41.1 Å². The molecule has 3 aromatic rings. The highest BCUT2D eigenvalue weighted by Gasteiger charge is 2.22. The first-order chi connectivity index (χ1) is 17.9. The van der Waals surface area contributed by atoms with E-state index in [1.54, 1.807) is 7.11 Å². The van der Waals surface area contributed by atoms with Gasteiger partial charge in [0.25, 0.3) is 0 Å². The van der Waals surface area contributed by atoms with E-state index in [0.29, 0.717) is 35.7 Å². The maximum atomic E-state index is 11.2. The minimum Gasteiger partial charge on any atom is -0.490 e. The van der Waals surface area contributed by atoms with Crippen LogP contribution >= 0.6 is 0 Å². The number of nitrogens with zero attached hydrogens (tertiary/aromatic N) is 3. The Morgan fingerprint density at radius 1 is 1.16 bits per heavy atom. The molecule has 1 aromatic carbocycles. The number of ether oxygens (including phenoxy) is 2. The first kappa shape index (κ1) is 26.6. The summed E-state index contributed by atoms with van der Waals surface area (Å²) in [5.41, 5.74) is 4.33. The van der Waals surface area contributed by atoms with Gasteiger partial charge in [0.15, 0.2) is 0 Å². The van der Waals surface area contributed by atoms with Crippen molar-refractivity contribution >= 4 is 5.91 Å². The van der Waals surface area contributed by atoms with Gasteiger partial charge in [-0.3, -0.25) is 4.79 Å². The normalized spacial score (nSPS) is 14.5. The van der Waals surface area contributed by atoms with Crippen LogP contribution in [-0.2, 0) is 11.2 Å². The fourth-order valence-electron chi connectivity index (χ4n) is 4.61. The second kappa shape index (κ2) is 12.2. The molecule has 0 radical (unpaired) electrons. The number of pyridine rings is 1. The van der Waals surface area contributed by atoms with Gasteiger partial charge < -0.3 is 29.4 Å². The van der Waals surface area contributed by atoms with Gasteiger partial charge in [-0.05, 0) is 55.5 Å². The summed E-state index contributed by atoms with van der Waals surface area (Å²) in [5.74, 6) is 1.86. The van der Waals surface area contributed by atoms with Crippen LogP contribution in [0.4, 0.5) is 0 Å². The van der Waals surface area contributed by atoms with E-state index in [9.17, 15) is 9.90 Å². The van der Waals surface area contributed by atoms with Gasteiger partial charge in [0.05, 0.1) is 7.11 Å². The van der Waals surface area contributed by atoms with E-state index in [-0.39, 0.29) is 13.2 Å². The lowest BCUT2D eigenvalue weighted by Gasteiger charge is -2.17. The molecular weight excluding hydrogens is 476 g/mol. The molecule has 1 fully saturated rings. The number of methoxy groups -OCH3 is 1. The van der Waals surface area contributed by atoms with Gasteiger partial charge in [-0.2, -0.15) is 0 Å². The second-order valence-electron chi connectivity index (χ2n) is 9.28. The zero-order valence-corrected chi connectivity index (χ0v) is 21.5. The summed E-state index contributed by atoms with van der Waals surface area (Å²) >= 11 is 0. The van der Waals surface area contributed by atoms with E-state index in [4.69, 9.17) is 19.0 Å². The zero-order chi connectivity index (χ0) is 26.4. The molecule has 10 nitrogen and oxygen atoms in total. The highest BCUT2D eigenvalue weighted by molar-refractivity contribution is 5.76. The fourth-order valence-corrected chi connectivity index (χ4v) is 4.61. The molecule has 0 spiro atoms. The minimum absolute atomic E-state index is 0.00317. The van der Waals surface area contributed by atoms with Gasteiger partial charge in [0.1, 0.15) is 25.1 Å². The molecule has 4 rings (SSSR count). The molecule has 1 aliphatic rings. The molecule has 1 amide bonds. The molecule has 198 valence electrons. The second-order valence-corrected chi connectivity index (χ2v) is 9.28. The summed E-state index contributed by atoms with van der Waals surface area (Å²) < 4.78 is 17.4. The number of aliphatic hydroxyl groups excluding tert-OH is 2. The number of hydrogen-bond donors (Lipinski definition) is 3. The molecule has 0 unspecified atom stereocenters. The van der Waals surface area contributed by atoms with E-state index >= 15 is 0 Å². The third-order valence-corrected chi connectivity index (χ3v) is 6.55. The number of aliphatic hydroxyl groups is 2. The molecule has 2 aromatic heterocycles. The van der Waals surface area contributed by atoms with Crippen molar-refractivity contribution < 1.29 is 28.9 Å². The smallest absolute Gasteiger partial charge is 0.248 e. The summed E-state index contributed by atoms with van der Waals surface area (Å²) in [5, 5.41) is 29.9. The van der Waals surface area contributed by atoms with Crippen LogP contribution in [0.15, 0.2) is 28.7 Å².